The third-order valence-corrected chi connectivity index (χ3v) is 5.62. The predicted octanol–water partition coefficient (Wildman–Crippen LogP) is 0.919. The average Bonchev–Trinajstić information content (AvgIpc) is 2.92. The summed E-state index contributed by atoms with van der Waals surface area (Å²) in [5, 5.41) is 24.4. The van der Waals surface area contributed by atoms with E-state index in [2.05, 4.69) is 22.5 Å². The van der Waals surface area contributed by atoms with Crippen molar-refractivity contribution < 1.29 is 29.0 Å². The summed E-state index contributed by atoms with van der Waals surface area (Å²) in [5.74, 6) is -2.55. The smallest absolute Gasteiger partial charge is 0.408 e. The normalized spacial score (nSPS) is 11.9. The number of rotatable bonds is 15. The standard InChI is InChI=1S/C27H34N6O6/c1-2-12-39-27(38)33-22(14-17-6-8-20(9-7-17)24(29)30)26(37)32-21(10-11-23(34)35)25(36)31-16-19-5-3-4-18(13-19)15-28/h2-9,13,21-22H,1,10-12,14-16,28H2,(H3,29,30)(H,31,36)(H,32,37)(H,33,38)(H,34,35)/t21-,22-/m0/s1. The highest BCUT2D eigenvalue weighted by Gasteiger charge is 2.28. The van der Waals surface area contributed by atoms with Crippen LogP contribution in [0.5, 0.6) is 0 Å². The Labute approximate surface area is 226 Å². The number of carboxylic acids is 1. The number of amidine groups is 1. The number of aliphatic carboxylic acids is 1. The van der Waals surface area contributed by atoms with Crippen molar-refractivity contribution in [1.29, 1.82) is 5.41 Å². The molecule has 0 aliphatic rings. The second kappa shape index (κ2) is 15.5. The first kappa shape index (κ1) is 30.5. The monoisotopic (exact) mass is 538 g/mol. The van der Waals surface area contributed by atoms with E-state index in [4.69, 9.17) is 26.7 Å². The molecular formula is C27H34N6O6. The van der Waals surface area contributed by atoms with Crippen LogP contribution in [-0.2, 0) is 38.6 Å². The van der Waals surface area contributed by atoms with Gasteiger partial charge in [0.25, 0.3) is 0 Å². The van der Waals surface area contributed by atoms with E-state index < -0.39 is 36.0 Å². The molecule has 0 spiro atoms. The number of carboxylic acid groups (broad SMARTS) is 1. The van der Waals surface area contributed by atoms with Gasteiger partial charge in [-0.1, -0.05) is 61.2 Å². The summed E-state index contributed by atoms with van der Waals surface area (Å²) in [6.07, 6.45) is -0.0255. The van der Waals surface area contributed by atoms with Crippen molar-refractivity contribution in [2.45, 2.75) is 44.4 Å². The molecule has 0 aliphatic carbocycles. The first-order valence-corrected chi connectivity index (χ1v) is 12.2. The van der Waals surface area contributed by atoms with Crippen LogP contribution in [0.4, 0.5) is 4.79 Å². The molecule has 2 rings (SSSR count). The molecule has 12 nitrogen and oxygen atoms in total. The van der Waals surface area contributed by atoms with E-state index in [-0.39, 0.29) is 38.2 Å². The third-order valence-electron chi connectivity index (χ3n) is 5.62. The Morgan fingerprint density at radius 3 is 2.31 bits per heavy atom. The number of hydrogen-bond acceptors (Lipinski definition) is 7. The van der Waals surface area contributed by atoms with Crippen molar-refractivity contribution in [2.24, 2.45) is 11.5 Å². The Bertz CT molecular complexity index is 1180. The molecule has 2 aromatic rings. The minimum Gasteiger partial charge on any atom is -0.481 e. The van der Waals surface area contributed by atoms with Gasteiger partial charge in [0.15, 0.2) is 0 Å². The van der Waals surface area contributed by atoms with Gasteiger partial charge in [0, 0.05) is 31.5 Å². The number of amides is 3. The van der Waals surface area contributed by atoms with Gasteiger partial charge in [-0.3, -0.25) is 19.8 Å². The SMILES string of the molecule is C=CCOC(=O)N[C@@H](Cc1ccc(C(=N)N)cc1)C(=O)N[C@@H](CCC(=O)O)C(=O)NCc1cccc(CN)c1. The third kappa shape index (κ3) is 10.7. The highest BCUT2D eigenvalue weighted by atomic mass is 16.5. The average molecular weight is 539 g/mol. The van der Waals surface area contributed by atoms with E-state index in [0.717, 1.165) is 11.1 Å². The number of alkyl carbamates (subject to hydrolysis) is 1. The molecular weight excluding hydrogens is 504 g/mol. The maximum Gasteiger partial charge on any atom is 0.408 e. The Morgan fingerprint density at radius 2 is 1.69 bits per heavy atom. The van der Waals surface area contributed by atoms with Gasteiger partial charge in [0.2, 0.25) is 11.8 Å². The van der Waals surface area contributed by atoms with Crippen molar-refractivity contribution in [2.75, 3.05) is 6.61 Å². The number of carbonyl (C=O) groups is 4. The largest absolute Gasteiger partial charge is 0.481 e. The topological polar surface area (TPSA) is 210 Å². The van der Waals surface area contributed by atoms with E-state index in [1.54, 1.807) is 36.4 Å². The van der Waals surface area contributed by atoms with Crippen LogP contribution in [0, 0.1) is 5.41 Å². The molecule has 0 radical (unpaired) electrons. The maximum atomic E-state index is 13.3. The minimum absolute atomic E-state index is 0.0202. The summed E-state index contributed by atoms with van der Waals surface area (Å²) in [4.78, 5) is 49.6. The number of nitrogens with one attached hydrogen (secondary N) is 4. The zero-order chi connectivity index (χ0) is 28.8. The quantitative estimate of drug-likeness (QED) is 0.0982. The van der Waals surface area contributed by atoms with Crippen molar-refractivity contribution in [3.63, 3.8) is 0 Å². The van der Waals surface area contributed by atoms with Crippen LogP contribution >= 0.6 is 0 Å². The molecule has 12 heteroatoms. The molecule has 3 amide bonds. The van der Waals surface area contributed by atoms with E-state index in [0.29, 0.717) is 17.7 Å². The number of carbonyl (C=O) groups excluding carboxylic acids is 3. The number of benzene rings is 2. The predicted molar refractivity (Wildman–Crippen MR) is 145 cm³/mol. The zero-order valence-electron chi connectivity index (χ0n) is 21.4. The summed E-state index contributed by atoms with van der Waals surface area (Å²) in [6.45, 7) is 3.86. The second-order valence-electron chi connectivity index (χ2n) is 8.63. The van der Waals surface area contributed by atoms with Crippen molar-refractivity contribution >= 4 is 29.7 Å². The lowest BCUT2D eigenvalue weighted by atomic mass is 10.0. The van der Waals surface area contributed by atoms with Crippen LogP contribution in [0.2, 0.25) is 0 Å². The number of ether oxygens (including phenoxy) is 1. The fourth-order valence-electron chi connectivity index (χ4n) is 3.57. The molecule has 0 aliphatic heterocycles. The van der Waals surface area contributed by atoms with Crippen molar-refractivity contribution in [1.82, 2.24) is 16.0 Å². The first-order valence-electron chi connectivity index (χ1n) is 12.2. The molecule has 0 bridgehead atoms. The maximum absolute atomic E-state index is 13.3. The number of hydrogen-bond donors (Lipinski definition) is 7. The number of nitrogen functional groups attached to an aromatic ring is 1. The lowest BCUT2D eigenvalue weighted by molar-refractivity contribution is -0.138. The summed E-state index contributed by atoms with van der Waals surface area (Å²) in [6, 6.07) is 11.5. The van der Waals surface area contributed by atoms with E-state index in [1.165, 1.54) is 6.08 Å². The minimum atomic E-state index is -1.18. The lowest BCUT2D eigenvalue weighted by Gasteiger charge is -2.23. The molecule has 208 valence electrons. The van der Waals surface area contributed by atoms with E-state index >= 15 is 0 Å². The van der Waals surface area contributed by atoms with Gasteiger partial charge < -0.3 is 37.3 Å². The Hall–Kier alpha value is -4.71. The molecule has 9 N–H and O–H groups in total. The molecule has 2 aromatic carbocycles. The molecule has 0 aromatic heterocycles. The Morgan fingerprint density at radius 1 is 1.00 bits per heavy atom. The van der Waals surface area contributed by atoms with Gasteiger partial charge in [-0.2, -0.15) is 0 Å². The molecule has 0 unspecified atom stereocenters. The fraction of sp³-hybridized carbons (Fsp3) is 0.296. The molecule has 0 saturated heterocycles. The fourth-order valence-corrected chi connectivity index (χ4v) is 3.57. The molecule has 39 heavy (non-hydrogen) atoms. The van der Waals surface area contributed by atoms with Crippen LogP contribution in [0.15, 0.2) is 61.2 Å². The van der Waals surface area contributed by atoms with Gasteiger partial charge in [-0.05, 0) is 23.1 Å². The van der Waals surface area contributed by atoms with Crippen molar-refractivity contribution in [3.05, 3.63) is 83.4 Å². The van der Waals surface area contributed by atoms with Crippen LogP contribution in [0.25, 0.3) is 0 Å². The van der Waals surface area contributed by atoms with E-state index in [1.807, 2.05) is 12.1 Å². The van der Waals surface area contributed by atoms with Crippen LogP contribution < -0.4 is 27.4 Å². The molecule has 0 saturated carbocycles. The highest BCUT2D eigenvalue weighted by Crippen LogP contribution is 2.09. The second-order valence-corrected chi connectivity index (χ2v) is 8.63. The van der Waals surface area contributed by atoms with Gasteiger partial charge in [-0.15, -0.1) is 0 Å². The Kier molecular flexibility index (Phi) is 12.1. The highest BCUT2D eigenvalue weighted by molar-refractivity contribution is 5.95. The van der Waals surface area contributed by atoms with Crippen LogP contribution in [-0.4, -0.2) is 53.5 Å². The Balaban J connectivity index is 2.18. The van der Waals surface area contributed by atoms with E-state index in [9.17, 15) is 19.2 Å². The lowest BCUT2D eigenvalue weighted by Crippen LogP contribution is -2.54. The molecule has 0 heterocycles. The van der Waals surface area contributed by atoms with Crippen LogP contribution in [0.3, 0.4) is 0 Å². The van der Waals surface area contributed by atoms with Gasteiger partial charge in [-0.25, -0.2) is 4.79 Å². The van der Waals surface area contributed by atoms with Crippen molar-refractivity contribution in [3.8, 4) is 0 Å². The van der Waals surface area contributed by atoms with Gasteiger partial charge >= 0.3 is 12.1 Å². The zero-order valence-corrected chi connectivity index (χ0v) is 21.4. The van der Waals surface area contributed by atoms with Gasteiger partial charge in [0.1, 0.15) is 24.5 Å². The van der Waals surface area contributed by atoms with Gasteiger partial charge in [0.05, 0.1) is 0 Å². The summed E-state index contributed by atoms with van der Waals surface area (Å²) in [7, 11) is 0. The molecule has 0 fully saturated rings. The molecule has 2 atom stereocenters. The summed E-state index contributed by atoms with van der Waals surface area (Å²) < 4.78 is 4.94. The summed E-state index contributed by atoms with van der Waals surface area (Å²) in [5.41, 5.74) is 13.9. The van der Waals surface area contributed by atoms with Crippen LogP contribution in [0.1, 0.15) is 35.1 Å². The number of nitrogens with two attached hydrogens (primary N) is 2. The first-order chi connectivity index (χ1) is 18.6. The summed E-state index contributed by atoms with van der Waals surface area (Å²) >= 11 is 0.